The van der Waals surface area contributed by atoms with Crippen LogP contribution in [-0.4, -0.2) is 72.1 Å². The summed E-state index contributed by atoms with van der Waals surface area (Å²) >= 11 is 1.71. The molecule has 0 atom stereocenters. The molecule has 2 saturated heterocycles. The van der Waals surface area contributed by atoms with Gasteiger partial charge < -0.3 is 15.5 Å². The summed E-state index contributed by atoms with van der Waals surface area (Å²) < 4.78 is 0. The Morgan fingerprint density at radius 2 is 1.68 bits per heavy atom. The first-order chi connectivity index (χ1) is 13.3. The Labute approximate surface area is 190 Å². The molecule has 0 spiro atoms. The lowest BCUT2D eigenvalue weighted by Crippen LogP contribution is -2.55. The zero-order valence-electron chi connectivity index (χ0n) is 16.9. The Bertz CT molecular complexity index is 602. The molecule has 6 nitrogen and oxygen atoms in total. The first kappa shape index (κ1) is 22.1. The van der Waals surface area contributed by atoms with Crippen LogP contribution >= 0.6 is 35.3 Å². The maximum absolute atomic E-state index is 6.44. The monoisotopic (exact) mass is 518 g/mol. The fourth-order valence-electron chi connectivity index (χ4n) is 4.98. The molecule has 8 heteroatoms. The van der Waals surface area contributed by atoms with Gasteiger partial charge in [0.15, 0.2) is 11.1 Å². The molecule has 0 unspecified atom stereocenters. The van der Waals surface area contributed by atoms with Crippen LogP contribution in [0.25, 0.3) is 0 Å². The summed E-state index contributed by atoms with van der Waals surface area (Å²) in [5.74, 6) is 0.746. The maximum Gasteiger partial charge on any atom is 0.191 e. The predicted molar refractivity (Wildman–Crippen MR) is 129 cm³/mol. The molecule has 1 aliphatic carbocycles. The number of rotatable bonds is 4. The van der Waals surface area contributed by atoms with Gasteiger partial charge >= 0.3 is 0 Å². The minimum absolute atomic E-state index is 0. The number of hydrogen-bond donors (Lipinski definition) is 1. The van der Waals surface area contributed by atoms with E-state index in [4.69, 9.17) is 10.7 Å². The van der Waals surface area contributed by atoms with Gasteiger partial charge in [-0.15, -0.1) is 35.3 Å². The van der Waals surface area contributed by atoms with Gasteiger partial charge in [0.05, 0.1) is 6.54 Å². The molecule has 1 aromatic rings. The van der Waals surface area contributed by atoms with Gasteiger partial charge in [-0.25, -0.2) is 4.98 Å². The number of halogens is 1. The zero-order chi connectivity index (χ0) is 18.5. The summed E-state index contributed by atoms with van der Waals surface area (Å²) in [5, 5.41) is 3.17. The summed E-state index contributed by atoms with van der Waals surface area (Å²) in [5.41, 5.74) is 6.71. The third kappa shape index (κ3) is 5.11. The van der Waals surface area contributed by atoms with Crippen molar-refractivity contribution in [3.8, 4) is 0 Å². The van der Waals surface area contributed by atoms with Crippen molar-refractivity contribution in [1.82, 2.24) is 14.8 Å². The first-order valence-corrected chi connectivity index (χ1v) is 11.6. The van der Waals surface area contributed by atoms with Crippen LogP contribution in [0, 0.1) is 0 Å². The van der Waals surface area contributed by atoms with Gasteiger partial charge in [-0.3, -0.25) is 9.89 Å². The fraction of sp³-hybridized carbons (Fsp3) is 0.800. The number of nitrogens with two attached hydrogens (primary N) is 1. The maximum atomic E-state index is 6.44. The van der Waals surface area contributed by atoms with Gasteiger partial charge in [-0.1, -0.05) is 25.7 Å². The predicted octanol–water partition coefficient (Wildman–Crippen LogP) is 3.39. The second kappa shape index (κ2) is 10.4. The van der Waals surface area contributed by atoms with Gasteiger partial charge in [0.1, 0.15) is 0 Å². The molecule has 158 valence electrons. The largest absolute Gasteiger partial charge is 0.370 e. The molecule has 0 radical (unpaired) electrons. The number of piperazine rings is 1. The lowest BCUT2D eigenvalue weighted by Gasteiger charge is -2.47. The SMILES string of the molecule is I.NC(=NCC1(N2CCCCC2)CCCCC1)N1CCN(c2nccs2)CC1. The molecule has 3 aliphatic rings. The van der Waals surface area contributed by atoms with E-state index in [1.165, 1.54) is 64.5 Å². The molecule has 0 amide bonds. The van der Waals surface area contributed by atoms with E-state index in [9.17, 15) is 0 Å². The van der Waals surface area contributed by atoms with Gasteiger partial charge in [0.25, 0.3) is 0 Å². The van der Waals surface area contributed by atoms with Crippen molar-refractivity contribution in [3.05, 3.63) is 11.6 Å². The molecule has 4 rings (SSSR count). The van der Waals surface area contributed by atoms with Crippen molar-refractivity contribution in [2.45, 2.75) is 56.9 Å². The van der Waals surface area contributed by atoms with Crippen LogP contribution in [0.15, 0.2) is 16.6 Å². The topological polar surface area (TPSA) is 61.0 Å². The summed E-state index contributed by atoms with van der Waals surface area (Å²) in [6.45, 7) is 7.20. The van der Waals surface area contributed by atoms with Crippen LogP contribution in [0.3, 0.4) is 0 Å². The third-order valence-electron chi connectivity index (χ3n) is 6.64. The summed E-state index contributed by atoms with van der Waals surface area (Å²) in [6.07, 6.45) is 12.6. The van der Waals surface area contributed by atoms with Gasteiger partial charge in [0, 0.05) is 43.3 Å². The lowest BCUT2D eigenvalue weighted by molar-refractivity contribution is 0.0406. The Morgan fingerprint density at radius 3 is 2.32 bits per heavy atom. The van der Waals surface area contributed by atoms with E-state index in [1.54, 1.807) is 11.3 Å². The molecule has 0 bridgehead atoms. The molecule has 1 aromatic heterocycles. The molecule has 2 N–H and O–H groups in total. The lowest BCUT2D eigenvalue weighted by atomic mass is 9.79. The van der Waals surface area contributed by atoms with Crippen LogP contribution < -0.4 is 10.6 Å². The Morgan fingerprint density at radius 1 is 1.00 bits per heavy atom. The van der Waals surface area contributed by atoms with Crippen molar-refractivity contribution in [3.63, 3.8) is 0 Å². The van der Waals surface area contributed by atoms with Crippen LogP contribution in [-0.2, 0) is 0 Å². The number of guanidine groups is 1. The highest BCUT2D eigenvalue weighted by Gasteiger charge is 2.38. The number of piperidine rings is 1. The molecule has 3 heterocycles. The highest BCUT2D eigenvalue weighted by atomic mass is 127. The van der Waals surface area contributed by atoms with Crippen molar-refractivity contribution < 1.29 is 0 Å². The van der Waals surface area contributed by atoms with Crippen molar-refractivity contribution in [2.24, 2.45) is 10.7 Å². The van der Waals surface area contributed by atoms with Crippen LogP contribution in [0.4, 0.5) is 5.13 Å². The fourth-order valence-corrected chi connectivity index (χ4v) is 5.68. The zero-order valence-corrected chi connectivity index (χ0v) is 20.0. The molecule has 3 fully saturated rings. The number of anilines is 1. The number of aromatic nitrogens is 1. The standard InChI is InChI=1S/C20H34N6S.HI/c21-18(24-12-14-25(15-13-24)19-22-9-16-27-19)23-17-20(7-3-1-4-8-20)26-10-5-2-6-11-26;/h9,16H,1-8,10-15,17H2,(H2,21,23);1H. The van der Waals surface area contributed by atoms with E-state index < -0.39 is 0 Å². The number of hydrogen-bond acceptors (Lipinski definition) is 5. The number of aliphatic imine (C=N–C) groups is 1. The molecule has 2 aliphatic heterocycles. The number of thiazole rings is 1. The minimum atomic E-state index is 0. The normalized spacial score (nSPS) is 24.1. The summed E-state index contributed by atoms with van der Waals surface area (Å²) in [6, 6.07) is 0. The second-order valence-corrected chi connectivity index (χ2v) is 9.17. The van der Waals surface area contributed by atoms with E-state index in [0.29, 0.717) is 0 Å². The van der Waals surface area contributed by atoms with E-state index in [0.717, 1.165) is 43.8 Å². The highest BCUT2D eigenvalue weighted by Crippen LogP contribution is 2.36. The van der Waals surface area contributed by atoms with Crippen molar-refractivity contribution in [2.75, 3.05) is 50.7 Å². The van der Waals surface area contributed by atoms with E-state index in [-0.39, 0.29) is 29.5 Å². The van der Waals surface area contributed by atoms with E-state index >= 15 is 0 Å². The number of nitrogens with zero attached hydrogens (tertiary/aromatic N) is 5. The Balaban J connectivity index is 0.00000225. The third-order valence-corrected chi connectivity index (χ3v) is 7.47. The van der Waals surface area contributed by atoms with Gasteiger partial charge in [-0.05, 0) is 38.8 Å². The second-order valence-electron chi connectivity index (χ2n) is 8.30. The summed E-state index contributed by atoms with van der Waals surface area (Å²) in [4.78, 5) is 16.8. The average molecular weight is 519 g/mol. The smallest absolute Gasteiger partial charge is 0.191 e. The Kier molecular flexibility index (Phi) is 8.22. The molecular formula is C20H35IN6S. The minimum Gasteiger partial charge on any atom is -0.370 e. The van der Waals surface area contributed by atoms with Crippen molar-refractivity contribution in [1.29, 1.82) is 0 Å². The van der Waals surface area contributed by atoms with Crippen LogP contribution in [0.5, 0.6) is 0 Å². The molecule has 28 heavy (non-hydrogen) atoms. The van der Waals surface area contributed by atoms with Crippen LogP contribution in [0.1, 0.15) is 51.4 Å². The van der Waals surface area contributed by atoms with Gasteiger partial charge in [0.2, 0.25) is 0 Å². The van der Waals surface area contributed by atoms with Gasteiger partial charge in [-0.2, -0.15) is 0 Å². The summed E-state index contributed by atoms with van der Waals surface area (Å²) in [7, 11) is 0. The Hall–Kier alpha value is -0.610. The molecule has 0 aromatic carbocycles. The highest BCUT2D eigenvalue weighted by molar-refractivity contribution is 14.0. The van der Waals surface area contributed by atoms with E-state index in [2.05, 4.69) is 19.7 Å². The molecule has 1 saturated carbocycles. The number of likely N-dealkylation sites (tertiary alicyclic amines) is 1. The van der Waals surface area contributed by atoms with Crippen LogP contribution in [0.2, 0.25) is 0 Å². The first-order valence-electron chi connectivity index (χ1n) is 10.7. The van der Waals surface area contributed by atoms with E-state index in [1.807, 2.05) is 11.6 Å². The van der Waals surface area contributed by atoms with Crippen molar-refractivity contribution >= 4 is 46.4 Å². The molecular weight excluding hydrogens is 483 g/mol. The average Bonchev–Trinajstić information content (AvgIpc) is 3.28. The quantitative estimate of drug-likeness (QED) is 0.376.